The fourth-order valence-electron chi connectivity index (χ4n) is 2.78. The molecule has 1 fully saturated rings. The first kappa shape index (κ1) is 16.4. The van der Waals surface area contributed by atoms with Gasteiger partial charge < -0.3 is 9.64 Å². The van der Waals surface area contributed by atoms with Crippen LogP contribution < -0.4 is 4.74 Å². The van der Waals surface area contributed by atoms with Gasteiger partial charge in [0.1, 0.15) is 17.8 Å². The van der Waals surface area contributed by atoms with Gasteiger partial charge in [-0.15, -0.1) is 5.10 Å². The molecule has 128 valence electrons. The van der Waals surface area contributed by atoms with Crippen molar-refractivity contribution in [3.05, 3.63) is 30.1 Å². The predicted octanol–water partition coefficient (Wildman–Crippen LogP) is 2.32. The number of rotatable bonds is 6. The van der Waals surface area contributed by atoms with Crippen LogP contribution in [0.25, 0.3) is 5.69 Å². The van der Waals surface area contributed by atoms with Crippen molar-refractivity contribution < 1.29 is 9.53 Å². The molecule has 0 aliphatic heterocycles. The van der Waals surface area contributed by atoms with Gasteiger partial charge in [0.25, 0.3) is 5.91 Å². The Balaban J connectivity index is 1.96. The summed E-state index contributed by atoms with van der Waals surface area (Å²) in [6.45, 7) is 6.41. The molecule has 1 heterocycles. The molecule has 0 radical (unpaired) electrons. The van der Waals surface area contributed by atoms with E-state index in [0.717, 1.165) is 12.8 Å². The number of methoxy groups -OCH3 is 1. The predicted molar refractivity (Wildman–Crippen MR) is 89.2 cm³/mol. The Hall–Kier alpha value is -2.44. The lowest BCUT2D eigenvalue weighted by Crippen LogP contribution is -2.43. The zero-order valence-electron chi connectivity index (χ0n) is 14.5. The van der Waals surface area contributed by atoms with Crippen LogP contribution in [-0.2, 0) is 0 Å². The summed E-state index contributed by atoms with van der Waals surface area (Å²) in [5.74, 6) is 1.08. The minimum atomic E-state index is 0.0516. The molecular formula is C17H23N5O2. The Morgan fingerprint density at radius 2 is 2.08 bits per heavy atom. The molecule has 3 rings (SSSR count). The quantitative estimate of drug-likeness (QED) is 0.813. The second-order valence-corrected chi connectivity index (χ2v) is 6.57. The van der Waals surface area contributed by atoms with Crippen molar-refractivity contribution in [1.29, 1.82) is 0 Å². The minimum absolute atomic E-state index is 0.0516. The maximum Gasteiger partial charge on any atom is 0.254 e. The van der Waals surface area contributed by atoms with Gasteiger partial charge in [0.05, 0.1) is 7.11 Å². The minimum Gasteiger partial charge on any atom is -0.494 e. The van der Waals surface area contributed by atoms with E-state index in [2.05, 4.69) is 36.3 Å². The van der Waals surface area contributed by atoms with E-state index >= 15 is 0 Å². The van der Waals surface area contributed by atoms with E-state index in [1.54, 1.807) is 25.3 Å². The van der Waals surface area contributed by atoms with Crippen LogP contribution in [0.15, 0.2) is 24.5 Å². The van der Waals surface area contributed by atoms with Gasteiger partial charge in [-0.05, 0) is 54.3 Å². The summed E-state index contributed by atoms with van der Waals surface area (Å²) in [6, 6.07) is 5.93. The monoisotopic (exact) mass is 329 g/mol. The highest BCUT2D eigenvalue weighted by Crippen LogP contribution is 2.33. The third kappa shape index (κ3) is 3.11. The number of nitrogens with zero attached hydrogens (tertiary/aromatic N) is 5. The van der Waals surface area contributed by atoms with Crippen LogP contribution in [0.1, 0.15) is 44.0 Å². The summed E-state index contributed by atoms with van der Waals surface area (Å²) in [5.41, 5.74) is 1.28. The molecular weight excluding hydrogens is 306 g/mol. The molecule has 1 aromatic heterocycles. The third-order valence-electron chi connectivity index (χ3n) is 4.60. The number of aromatic nitrogens is 4. The Bertz CT molecular complexity index is 710. The normalized spacial score (nSPS) is 15.4. The van der Waals surface area contributed by atoms with Crippen LogP contribution in [0.5, 0.6) is 5.75 Å². The number of ether oxygens (including phenoxy) is 1. The third-order valence-corrected chi connectivity index (χ3v) is 4.60. The van der Waals surface area contributed by atoms with Crippen LogP contribution in [-0.4, -0.2) is 50.2 Å². The van der Waals surface area contributed by atoms with Crippen LogP contribution in [0, 0.1) is 5.92 Å². The molecule has 24 heavy (non-hydrogen) atoms. The van der Waals surface area contributed by atoms with Crippen LogP contribution in [0.3, 0.4) is 0 Å². The number of hydrogen-bond acceptors (Lipinski definition) is 5. The topological polar surface area (TPSA) is 73.1 Å². The maximum atomic E-state index is 13.1. The van der Waals surface area contributed by atoms with Crippen molar-refractivity contribution in [2.75, 3.05) is 7.11 Å². The Morgan fingerprint density at radius 3 is 2.62 bits per heavy atom. The number of benzene rings is 1. The van der Waals surface area contributed by atoms with E-state index in [4.69, 9.17) is 4.74 Å². The van der Waals surface area contributed by atoms with Crippen molar-refractivity contribution >= 4 is 5.91 Å². The SMILES string of the molecule is COc1ccc(C(=O)N(C2CC2)C(C)C(C)C)cc1-n1cnnn1. The van der Waals surface area contributed by atoms with Gasteiger partial charge in [-0.25, -0.2) is 0 Å². The molecule has 2 aromatic rings. The Labute approximate surface area is 141 Å². The first-order valence-corrected chi connectivity index (χ1v) is 8.27. The Morgan fingerprint density at radius 1 is 1.33 bits per heavy atom. The average molecular weight is 329 g/mol. The summed E-state index contributed by atoms with van der Waals surface area (Å²) in [4.78, 5) is 15.1. The summed E-state index contributed by atoms with van der Waals surface area (Å²) < 4.78 is 6.87. The molecule has 1 aliphatic rings. The zero-order chi connectivity index (χ0) is 17.3. The number of amides is 1. The van der Waals surface area contributed by atoms with Crippen molar-refractivity contribution in [1.82, 2.24) is 25.1 Å². The Kier molecular flexibility index (Phi) is 4.51. The summed E-state index contributed by atoms with van der Waals surface area (Å²) in [6.07, 6.45) is 3.65. The van der Waals surface area contributed by atoms with Crippen molar-refractivity contribution in [2.45, 2.75) is 45.7 Å². The lowest BCUT2D eigenvalue weighted by Gasteiger charge is -2.32. The molecule has 1 saturated carbocycles. The largest absolute Gasteiger partial charge is 0.494 e. The molecule has 1 atom stereocenters. The van der Waals surface area contributed by atoms with Gasteiger partial charge >= 0.3 is 0 Å². The van der Waals surface area contributed by atoms with Crippen molar-refractivity contribution in [2.24, 2.45) is 5.92 Å². The number of hydrogen-bond donors (Lipinski definition) is 0. The second kappa shape index (κ2) is 6.59. The molecule has 1 aromatic carbocycles. The van der Waals surface area contributed by atoms with Crippen molar-refractivity contribution in [3.63, 3.8) is 0 Å². The fourth-order valence-corrected chi connectivity index (χ4v) is 2.78. The van der Waals surface area contributed by atoms with E-state index < -0.39 is 0 Å². The molecule has 0 N–H and O–H groups in total. The summed E-state index contributed by atoms with van der Waals surface area (Å²) in [5, 5.41) is 11.2. The highest BCUT2D eigenvalue weighted by atomic mass is 16.5. The highest BCUT2D eigenvalue weighted by molar-refractivity contribution is 5.95. The molecule has 0 saturated heterocycles. The lowest BCUT2D eigenvalue weighted by molar-refractivity contribution is 0.0628. The fraction of sp³-hybridized carbons (Fsp3) is 0.529. The first-order valence-electron chi connectivity index (χ1n) is 8.27. The summed E-state index contributed by atoms with van der Waals surface area (Å²) in [7, 11) is 1.59. The second-order valence-electron chi connectivity index (χ2n) is 6.57. The van der Waals surface area contributed by atoms with E-state index in [0.29, 0.717) is 29.0 Å². The molecule has 0 bridgehead atoms. The van der Waals surface area contributed by atoms with E-state index in [9.17, 15) is 4.79 Å². The van der Waals surface area contributed by atoms with Crippen LogP contribution in [0.4, 0.5) is 0 Å². The molecule has 1 unspecified atom stereocenters. The lowest BCUT2D eigenvalue weighted by atomic mass is 10.0. The van der Waals surface area contributed by atoms with Crippen LogP contribution >= 0.6 is 0 Å². The number of tetrazole rings is 1. The molecule has 7 nitrogen and oxygen atoms in total. The first-order chi connectivity index (χ1) is 11.5. The molecule has 7 heteroatoms. The standard InChI is InChI=1S/C17H23N5O2/c1-11(2)12(3)22(14-6-7-14)17(23)13-5-8-16(24-4)15(9-13)21-10-18-19-20-21/h5,8-12,14H,6-7H2,1-4H3. The van der Waals surface area contributed by atoms with Gasteiger partial charge in [-0.3, -0.25) is 4.79 Å². The molecule has 1 amide bonds. The maximum absolute atomic E-state index is 13.1. The van der Waals surface area contributed by atoms with E-state index in [1.165, 1.54) is 11.0 Å². The van der Waals surface area contributed by atoms with E-state index in [-0.39, 0.29) is 11.9 Å². The average Bonchev–Trinajstić information content (AvgIpc) is 3.26. The number of carbonyl (C=O) groups excluding carboxylic acids is 1. The zero-order valence-corrected chi connectivity index (χ0v) is 14.5. The van der Waals surface area contributed by atoms with E-state index in [1.807, 2.05) is 4.90 Å². The van der Waals surface area contributed by atoms with Gasteiger partial charge in [-0.2, -0.15) is 4.68 Å². The summed E-state index contributed by atoms with van der Waals surface area (Å²) >= 11 is 0. The number of carbonyl (C=O) groups is 1. The van der Waals surface area contributed by atoms with Gasteiger partial charge in [0, 0.05) is 17.6 Å². The van der Waals surface area contributed by atoms with Gasteiger partial charge in [-0.1, -0.05) is 13.8 Å². The smallest absolute Gasteiger partial charge is 0.254 e. The highest BCUT2D eigenvalue weighted by Gasteiger charge is 2.37. The van der Waals surface area contributed by atoms with Crippen molar-refractivity contribution in [3.8, 4) is 11.4 Å². The van der Waals surface area contributed by atoms with Crippen LogP contribution in [0.2, 0.25) is 0 Å². The van der Waals surface area contributed by atoms with Gasteiger partial charge in [0.2, 0.25) is 0 Å². The molecule has 1 aliphatic carbocycles. The molecule has 0 spiro atoms. The van der Waals surface area contributed by atoms with Gasteiger partial charge in [0.15, 0.2) is 0 Å².